The highest BCUT2D eigenvalue weighted by Gasteiger charge is 2.37. The molecule has 7 nitrogen and oxygen atoms in total. The van der Waals surface area contributed by atoms with Crippen LogP contribution in [0.25, 0.3) is 0 Å². The number of fused-ring (bicyclic) bond motifs is 1. The molecule has 1 amide bonds. The van der Waals surface area contributed by atoms with E-state index in [0.717, 1.165) is 44.7 Å². The van der Waals surface area contributed by atoms with E-state index in [0.29, 0.717) is 17.6 Å². The molecule has 2 aliphatic rings. The molecule has 142 valence electrons. The third kappa shape index (κ3) is 3.72. The highest BCUT2D eigenvalue weighted by atomic mass is 16.5. The van der Waals surface area contributed by atoms with Crippen molar-refractivity contribution in [3.63, 3.8) is 0 Å². The standard InChI is InChI=1S/C20H25N5O2/c1-14-9-17(3-6-21-14)24-7-4-15-12-25(13-16(15)5-8-24)20(26)19-22-10-18(27-2)11-23-19/h3,6,9-11,15-16H,4-5,7-8,12-13H2,1-2H3/t15-,16+. The molecule has 0 aromatic carbocycles. The summed E-state index contributed by atoms with van der Waals surface area (Å²) in [6, 6.07) is 4.24. The summed E-state index contributed by atoms with van der Waals surface area (Å²) in [6.07, 6.45) is 7.16. The average molecular weight is 367 g/mol. The minimum atomic E-state index is -0.0765. The average Bonchev–Trinajstić information content (AvgIpc) is 3.00. The van der Waals surface area contributed by atoms with Crippen LogP contribution in [0.15, 0.2) is 30.7 Å². The molecule has 4 rings (SSSR count). The molecule has 2 aromatic rings. The molecule has 0 N–H and O–H groups in total. The minimum absolute atomic E-state index is 0.0765. The van der Waals surface area contributed by atoms with Crippen LogP contribution >= 0.6 is 0 Å². The van der Waals surface area contributed by atoms with Crippen LogP contribution in [-0.2, 0) is 0 Å². The number of carbonyl (C=O) groups is 1. The van der Waals surface area contributed by atoms with Gasteiger partial charge in [0.15, 0.2) is 5.75 Å². The van der Waals surface area contributed by atoms with E-state index in [-0.39, 0.29) is 11.7 Å². The quantitative estimate of drug-likeness (QED) is 0.828. The predicted molar refractivity (Wildman–Crippen MR) is 102 cm³/mol. The number of likely N-dealkylation sites (tertiary alicyclic amines) is 1. The van der Waals surface area contributed by atoms with Gasteiger partial charge in [0.1, 0.15) is 0 Å². The van der Waals surface area contributed by atoms with Crippen LogP contribution in [0.4, 0.5) is 5.69 Å². The third-order valence-electron chi connectivity index (χ3n) is 5.70. The first-order valence-corrected chi connectivity index (χ1v) is 9.47. The molecule has 2 atom stereocenters. The fourth-order valence-electron chi connectivity index (χ4n) is 4.17. The molecular formula is C20H25N5O2. The Morgan fingerprint density at radius 3 is 2.37 bits per heavy atom. The van der Waals surface area contributed by atoms with E-state index in [1.54, 1.807) is 19.5 Å². The van der Waals surface area contributed by atoms with Crippen molar-refractivity contribution in [2.75, 3.05) is 38.2 Å². The second-order valence-corrected chi connectivity index (χ2v) is 7.40. The number of aromatic nitrogens is 3. The van der Waals surface area contributed by atoms with Crippen molar-refractivity contribution in [3.05, 3.63) is 42.2 Å². The summed E-state index contributed by atoms with van der Waals surface area (Å²) in [5.41, 5.74) is 2.30. The number of carbonyl (C=O) groups excluding carboxylic acids is 1. The number of pyridine rings is 1. The highest BCUT2D eigenvalue weighted by Crippen LogP contribution is 2.33. The fourth-order valence-corrected chi connectivity index (χ4v) is 4.17. The lowest BCUT2D eigenvalue weighted by Crippen LogP contribution is -2.32. The molecular weight excluding hydrogens is 342 g/mol. The van der Waals surface area contributed by atoms with Crippen molar-refractivity contribution in [1.82, 2.24) is 19.9 Å². The summed E-state index contributed by atoms with van der Waals surface area (Å²) in [5.74, 6) is 1.82. The van der Waals surface area contributed by atoms with Crippen LogP contribution in [0.3, 0.4) is 0 Å². The Kier molecular flexibility index (Phi) is 4.92. The molecule has 0 bridgehead atoms. The first-order chi connectivity index (χ1) is 13.1. The summed E-state index contributed by atoms with van der Waals surface area (Å²) in [5, 5.41) is 0. The molecule has 7 heteroatoms. The van der Waals surface area contributed by atoms with E-state index in [4.69, 9.17) is 4.74 Å². The molecule has 0 aliphatic carbocycles. The Bertz CT molecular complexity index is 794. The van der Waals surface area contributed by atoms with Gasteiger partial charge in [-0.15, -0.1) is 0 Å². The molecule has 0 saturated carbocycles. The first kappa shape index (κ1) is 17.7. The second-order valence-electron chi connectivity index (χ2n) is 7.40. The van der Waals surface area contributed by atoms with E-state index >= 15 is 0 Å². The Morgan fingerprint density at radius 1 is 1.11 bits per heavy atom. The minimum Gasteiger partial charge on any atom is -0.494 e. The van der Waals surface area contributed by atoms with Crippen LogP contribution < -0.4 is 9.64 Å². The van der Waals surface area contributed by atoms with Gasteiger partial charge < -0.3 is 14.5 Å². The summed E-state index contributed by atoms with van der Waals surface area (Å²) in [6.45, 7) is 5.66. The lowest BCUT2D eigenvalue weighted by molar-refractivity contribution is 0.0770. The number of methoxy groups -OCH3 is 1. The van der Waals surface area contributed by atoms with Crippen LogP contribution in [0.5, 0.6) is 5.75 Å². The summed E-state index contributed by atoms with van der Waals surface area (Å²) < 4.78 is 5.06. The summed E-state index contributed by atoms with van der Waals surface area (Å²) in [7, 11) is 1.56. The van der Waals surface area contributed by atoms with Crippen LogP contribution in [0.2, 0.25) is 0 Å². The van der Waals surface area contributed by atoms with Crippen molar-refractivity contribution in [2.24, 2.45) is 11.8 Å². The van der Waals surface area contributed by atoms with Crippen molar-refractivity contribution in [3.8, 4) is 5.75 Å². The molecule has 27 heavy (non-hydrogen) atoms. The normalized spacial score (nSPS) is 22.3. The van der Waals surface area contributed by atoms with E-state index in [2.05, 4.69) is 32.0 Å². The Hall–Kier alpha value is -2.70. The largest absolute Gasteiger partial charge is 0.494 e. The summed E-state index contributed by atoms with van der Waals surface area (Å²) in [4.78, 5) is 29.7. The van der Waals surface area contributed by atoms with Crippen LogP contribution in [0, 0.1) is 18.8 Å². The number of amides is 1. The van der Waals surface area contributed by atoms with Crippen molar-refractivity contribution in [1.29, 1.82) is 0 Å². The Morgan fingerprint density at radius 2 is 1.78 bits per heavy atom. The molecule has 4 heterocycles. The molecule has 0 spiro atoms. The van der Waals surface area contributed by atoms with E-state index in [1.165, 1.54) is 5.69 Å². The fraction of sp³-hybridized carbons (Fsp3) is 0.500. The topological polar surface area (TPSA) is 71.5 Å². The number of nitrogens with zero attached hydrogens (tertiary/aromatic N) is 5. The number of rotatable bonds is 3. The molecule has 0 radical (unpaired) electrons. The number of hydrogen-bond acceptors (Lipinski definition) is 6. The smallest absolute Gasteiger partial charge is 0.291 e. The lowest BCUT2D eigenvalue weighted by atomic mass is 9.92. The van der Waals surface area contributed by atoms with Crippen molar-refractivity contribution < 1.29 is 9.53 Å². The molecule has 0 unspecified atom stereocenters. The lowest BCUT2D eigenvalue weighted by Gasteiger charge is -2.24. The monoisotopic (exact) mass is 367 g/mol. The van der Waals surface area contributed by atoms with Gasteiger partial charge in [-0.1, -0.05) is 0 Å². The number of ether oxygens (including phenoxy) is 1. The van der Waals surface area contributed by atoms with Gasteiger partial charge in [0.25, 0.3) is 5.91 Å². The van der Waals surface area contributed by atoms with Gasteiger partial charge >= 0.3 is 0 Å². The predicted octanol–water partition coefficient (Wildman–Crippen LogP) is 2.18. The number of aryl methyl sites for hydroxylation is 1. The summed E-state index contributed by atoms with van der Waals surface area (Å²) >= 11 is 0. The molecule has 2 aromatic heterocycles. The zero-order chi connectivity index (χ0) is 18.8. The van der Waals surface area contributed by atoms with E-state index in [9.17, 15) is 4.79 Å². The van der Waals surface area contributed by atoms with Crippen molar-refractivity contribution in [2.45, 2.75) is 19.8 Å². The highest BCUT2D eigenvalue weighted by molar-refractivity contribution is 5.90. The molecule has 2 fully saturated rings. The number of hydrogen-bond donors (Lipinski definition) is 0. The Balaban J connectivity index is 1.39. The van der Waals surface area contributed by atoms with Crippen molar-refractivity contribution >= 4 is 11.6 Å². The second kappa shape index (κ2) is 7.50. The molecule has 2 saturated heterocycles. The van der Waals surface area contributed by atoms with Gasteiger partial charge in [-0.3, -0.25) is 9.78 Å². The van der Waals surface area contributed by atoms with Crippen LogP contribution in [0.1, 0.15) is 29.2 Å². The zero-order valence-corrected chi connectivity index (χ0v) is 15.8. The van der Waals surface area contributed by atoms with E-state index < -0.39 is 0 Å². The van der Waals surface area contributed by atoms with Gasteiger partial charge in [0.05, 0.1) is 19.5 Å². The van der Waals surface area contributed by atoms with Crippen LogP contribution in [-0.4, -0.2) is 59.0 Å². The first-order valence-electron chi connectivity index (χ1n) is 9.47. The number of anilines is 1. The third-order valence-corrected chi connectivity index (χ3v) is 5.70. The van der Waals surface area contributed by atoms with Gasteiger partial charge in [0, 0.05) is 43.8 Å². The van der Waals surface area contributed by atoms with Gasteiger partial charge in [-0.25, -0.2) is 9.97 Å². The van der Waals surface area contributed by atoms with Gasteiger partial charge in [-0.2, -0.15) is 0 Å². The zero-order valence-electron chi connectivity index (χ0n) is 15.8. The van der Waals surface area contributed by atoms with E-state index in [1.807, 2.05) is 18.0 Å². The van der Waals surface area contributed by atoms with Gasteiger partial charge in [0.2, 0.25) is 5.82 Å². The maximum Gasteiger partial charge on any atom is 0.291 e. The maximum atomic E-state index is 12.7. The SMILES string of the molecule is COc1cnc(C(=O)N2C[C@H]3CCN(c4ccnc(C)c4)CC[C@H]3C2)nc1. The Labute approximate surface area is 159 Å². The maximum absolute atomic E-state index is 12.7. The molecule has 2 aliphatic heterocycles. The van der Waals surface area contributed by atoms with Gasteiger partial charge in [-0.05, 0) is 43.7 Å².